The topological polar surface area (TPSA) is 27.7 Å². The third-order valence-electron chi connectivity index (χ3n) is 4.62. The molecule has 0 bridgehead atoms. The molecular formula is C16H23BO3. The van der Waals surface area contributed by atoms with Gasteiger partial charge in [0, 0.05) is 6.42 Å². The molecule has 0 spiro atoms. The molecule has 0 N–H and O–H groups in total. The monoisotopic (exact) mass is 274 g/mol. The largest absolute Gasteiger partial charge is 0.494 e. The van der Waals surface area contributed by atoms with Crippen molar-refractivity contribution < 1.29 is 14.0 Å². The van der Waals surface area contributed by atoms with Crippen LogP contribution in [0.25, 0.3) is 0 Å². The van der Waals surface area contributed by atoms with E-state index in [1.165, 1.54) is 5.56 Å². The lowest BCUT2D eigenvalue weighted by Gasteiger charge is -2.32. The summed E-state index contributed by atoms with van der Waals surface area (Å²) >= 11 is 0. The molecule has 0 atom stereocenters. The molecule has 20 heavy (non-hydrogen) atoms. The van der Waals surface area contributed by atoms with Crippen molar-refractivity contribution in [3.05, 3.63) is 23.8 Å². The van der Waals surface area contributed by atoms with Gasteiger partial charge in [-0.3, -0.25) is 0 Å². The third-order valence-corrected chi connectivity index (χ3v) is 4.62. The van der Waals surface area contributed by atoms with E-state index in [-0.39, 0.29) is 23.9 Å². The van der Waals surface area contributed by atoms with Crippen molar-refractivity contribution in [2.75, 3.05) is 0 Å². The summed E-state index contributed by atoms with van der Waals surface area (Å²) in [5, 5.41) is 0. The maximum atomic E-state index is 6.08. The SMILES string of the molecule is CC1(C)Cc2ccc(B3OC(C)(C)C(C)(C)O3)cc2O1. The summed E-state index contributed by atoms with van der Waals surface area (Å²) in [6.07, 6.45) is 0.950. The fraction of sp³-hybridized carbons (Fsp3) is 0.625. The van der Waals surface area contributed by atoms with E-state index >= 15 is 0 Å². The van der Waals surface area contributed by atoms with E-state index < -0.39 is 0 Å². The highest BCUT2D eigenvalue weighted by Gasteiger charge is 2.52. The van der Waals surface area contributed by atoms with Gasteiger partial charge in [0.1, 0.15) is 11.4 Å². The van der Waals surface area contributed by atoms with Crippen LogP contribution >= 0.6 is 0 Å². The minimum Gasteiger partial charge on any atom is -0.487 e. The minimum atomic E-state index is -0.322. The van der Waals surface area contributed by atoms with E-state index in [4.69, 9.17) is 14.0 Å². The Morgan fingerprint density at radius 2 is 1.55 bits per heavy atom. The van der Waals surface area contributed by atoms with Crippen LogP contribution in [0.4, 0.5) is 0 Å². The third kappa shape index (κ3) is 2.15. The maximum Gasteiger partial charge on any atom is 0.494 e. The van der Waals surface area contributed by atoms with Crippen molar-refractivity contribution in [3.63, 3.8) is 0 Å². The Labute approximate surface area is 121 Å². The van der Waals surface area contributed by atoms with Crippen LogP contribution < -0.4 is 10.2 Å². The van der Waals surface area contributed by atoms with E-state index in [2.05, 4.69) is 59.7 Å². The Morgan fingerprint density at radius 3 is 2.15 bits per heavy atom. The molecule has 108 valence electrons. The van der Waals surface area contributed by atoms with E-state index in [1.807, 2.05) is 0 Å². The summed E-state index contributed by atoms with van der Waals surface area (Å²) in [7, 11) is -0.322. The van der Waals surface area contributed by atoms with E-state index in [1.54, 1.807) is 0 Å². The summed E-state index contributed by atoms with van der Waals surface area (Å²) < 4.78 is 18.2. The highest BCUT2D eigenvalue weighted by atomic mass is 16.7. The lowest BCUT2D eigenvalue weighted by atomic mass is 9.78. The molecule has 3 rings (SSSR count). The fourth-order valence-corrected chi connectivity index (χ4v) is 2.73. The summed E-state index contributed by atoms with van der Waals surface area (Å²) in [5.41, 5.74) is 1.56. The molecular weight excluding hydrogens is 251 g/mol. The molecule has 3 nitrogen and oxygen atoms in total. The molecule has 0 amide bonds. The van der Waals surface area contributed by atoms with Crippen molar-refractivity contribution in [2.45, 2.75) is 64.8 Å². The lowest BCUT2D eigenvalue weighted by Crippen LogP contribution is -2.41. The standard InChI is InChI=1S/C16H23BO3/c1-14(2)10-11-7-8-12(9-13(11)18-14)17-19-15(3,4)16(5,6)20-17/h7-9H,10H2,1-6H3. The van der Waals surface area contributed by atoms with Gasteiger partial charge >= 0.3 is 7.12 Å². The predicted molar refractivity (Wildman–Crippen MR) is 80.6 cm³/mol. The van der Waals surface area contributed by atoms with Gasteiger partial charge in [0.25, 0.3) is 0 Å². The van der Waals surface area contributed by atoms with Gasteiger partial charge in [-0.25, -0.2) is 0 Å². The Balaban J connectivity index is 1.88. The molecule has 0 saturated carbocycles. The summed E-state index contributed by atoms with van der Waals surface area (Å²) in [5.74, 6) is 0.960. The van der Waals surface area contributed by atoms with E-state index in [0.29, 0.717) is 0 Å². The van der Waals surface area contributed by atoms with Gasteiger partial charge in [-0.2, -0.15) is 0 Å². The summed E-state index contributed by atoms with van der Waals surface area (Å²) in [6, 6.07) is 6.28. The zero-order valence-corrected chi connectivity index (χ0v) is 13.2. The van der Waals surface area contributed by atoms with Gasteiger partial charge in [-0.15, -0.1) is 0 Å². The molecule has 0 aliphatic carbocycles. The van der Waals surface area contributed by atoms with Crippen LogP contribution in [0.2, 0.25) is 0 Å². The number of fused-ring (bicyclic) bond motifs is 1. The van der Waals surface area contributed by atoms with Crippen molar-refractivity contribution in [3.8, 4) is 5.75 Å². The minimum absolute atomic E-state index is 0.114. The highest BCUT2D eigenvalue weighted by Crippen LogP contribution is 2.38. The molecule has 2 heterocycles. The molecule has 0 aromatic heterocycles. The molecule has 2 aliphatic rings. The molecule has 1 saturated heterocycles. The van der Waals surface area contributed by atoms with Gasteiger partial charge < -0.3 is 14.0 Å². The van der Waals surface area contributed by atoms with Crippen LogP contribution in [0.1, 0.15) is 47.1 Å². The number of benzene rings is 1. The molecule has 4 heteroatoms. The van der Waals surface area contributed by atoms with Crippen LogP contribution in [0.3, 0.4) is 0 Å². The Morgan fingerprint density at radius 1 is 0.950 bits per heavy atom. The molecule has 0 unspecified atom stereocenters. The summed E-state index contributed by atoms with van der Waals surface area (Å²) in [4.78, 5) is 0. The second-order valence-electron chi connectivity index (χ2n) is 7.49. The number of hydrogen-bond acceptors (Lipinski definition) is 3. The van der Waals surface area contributed by atoms with Crippen LogP contribution in [-0.4, -0.2) is 23.9 Å². The smallest absolute Gasteiger partial charge is 0.487 e. The van der Waals surface area contributed by atoms with Crippen LogP contribution in [0.15, 0.2) is 18.2 Å². The van der Waals surface area contributed by atoms with Gasteiger partial charge in [0.05, 0.1) is 11.2 Å². The Hall–Kier alpha value is -0.995. The van der Waals surface area contributed by atoms with Crippen LogP contribution in [0, 0.1) is 0 Å². The van der Waals surface area contributed by atoms with Crippen LogP contribution in [-0.2, 0) is 15.7 Å². The normalized spacial score (nSPS) is 25.4. The zero-order chi connectivity index (χ0) is 14.8. The van der Waals surface area contributed by atoms with Crippen molar-refractivity contribution in [1.29, 1.82) is 0 Å². The number of ether oxygens (including phenoxy) is 1. The lowest BCUT2D eigenvalue weighted by molar-refractivity contribution is 0.00578. The van der Waals surface area contributed by atoms with Gasteiger partial charge in [0.2, 0.25) is 0 Å². The second kappa shape index (κ2) is 4.02. The van der Waals surface area contributed by atoms with Crippen molar-refractivity contribution in [1.82, 2.24) is 0 Å². The fourth-order valence-electron chi connectivity index (χ4n) is 2.73. The number of rotatable bonds is 1. The predicted octanol–water partition coefficient (Wildman–Crippen LogP) is 2.70. The zero-order valence-electron chi connectivity index (χ0n) is 13.2. The van der Waals surface area contributed by atoms with Gasteiger partial charge in [-0.1, -0.05) is 12.1 Å². The quantitative estimate of drug-likeness (QED) is 0.737. The average Bonchev–Trinajstić information content (AvgIpc) is 2.69. The first-order chi connectivity index (χ1) is 9.10. The highest BCUT2D eigenvalue weighted by molar-refractivity contribution is 6.62. The van der Waals surface area contributed by atoms with Gasteiger partial charge in [0.15, 0.2) is 0 Å². The van der Waals surface area contributed by atoms with Crippen LogP contribution in [0.5, 0.6) is 5.75 Å². The molecule has 2 aliphatic heterocycles. The first-order valence-corrected chi connectivity index (χ1v) is 7.27. The van der Waals surface area contributed by atoms with Crippen molar-refractivity contribution >= 4 is 12.6 Å². The second-order valence-corrected chi connectivity index (χ2v) is 7.49. The van der Waals surface area contributed by atoms with E-state index in [0.717, 1.165) is 17.6 Å². The molecule has 0 radical (unpaired) electrons. The molecule has 1 fully saturated rings. The summed E-state index contributed by atoms with van der Waals surface area (Å²) in [6.45, 7) is 12.5. The maximum absolute atomic E-state index is 6.08. The van der Waals surface area contributed by atoms with Crippen molar-refractivity contribution in [2.24, 2.45) is 0 Å². The first kappa shape index (κ1) is 14.0. The Bertz CT molecular complexity index is 533. The molecule has 1 aromatic carbocycles. The van der Waals surface area contributed by atoms with Gasteiger partial charge in [-0.05, 0) is 58.6 Å². The molecule has 1 aromatic rings. The first-order valence-electron chi connectivity index (χ1n) is 7.27. The number of hydrogen-bond donors (Lipinski definition) is 0. The van der Waals surface area contributed by atoms with E-state index in [9.17, 15) is 0 Å². The average molecular weight is 274 g/mol. The Kier molecular flexibility index (Phi) is 2.80.